The number of aliphatic hydroxyl groups excluding tert-OH is 1. The molecule has 0 fully saturated rings. The molecule has 0 aliphatic heterocycles. The smallest absolute Gasteiger partial charge is 0.311 e. The molecule has 0 aliphatic carbocycles. The summed E-state index contributed by atoms with van der Waals surface area (Å²) in [6.07, 6.45) is 21.3. The highest BCUT2D eigenvalue weighted by molar-refractivity contribution is 7.86. The van der Waals surface area contributed by atoms with Crippen molar-refractivity contribution in [3.63, 3.8) is 0 Å². The normalized spacial score (nSPS) is 13.0. The molecule has 0 spiro atoms. The van der Waals surface area contributed by atoms with Crippen molar-refractivity contribution >= 4 is 16.1 Å². The summed E-state index contributed by atoms with van der Waals surface area (Å²) >= 11 is 0. The molecule has 1 atom stereocenters. The topological polar surface area (TPSA) is 102 Å². The molecule has 1 aromatic carbocycles. The Morgan fingerprint density at radius 3 is 2.21 bits per heavy atom. The van der Waals surface area contributed by atoms with Gasteiger partial charge in [0, 0.05) is 19.0 Å². The zero-order valence-electron chi connectivity index (χ0n) is 23.8. The lowest BCUT2D eigenvalue weighted by Gasteiger charge is -2.17. The number of benzene rings is 1. The van der Waals surface area contributed by atoms with Crippen molar-refractivity contribution in [2.24, 2.45) is 0 Å². The zero-order chi connectivity index (χ0) is 28.2. The molecule has 0 saturated carbocycles. The molecule has 216 valence electrons. The number of esters is 1. The Morgan fingerprint density at radius 2 is 1.58 bits per heavy atom. The fourth-order valence-corrected chi connectivity index (χ4v) is 4.21. The highest BCUT2D eigenvalue weighted by atomic mass is 32.2. The van der Waals surface area contributed by atoms with Gasteiger partial charge in [0.15, 0.2) is 11.5 Å². The van der Waals surface area contributed by atoms with E-state index in [9.17, 15) is 18.3 Å². The quantitative estimate of drug-likeness (QED) is 0.0571. The van der Waals surface area contributed by atoms with Gasteiger partial charge in [-0.1, -0.05) is 89.7 Å². The summed E-state index contributed by atoms with van der Waals surface area (Å²) in [5.74, 6) is -0.520. The zero-order valence-corrected chi connectivity index (χ0v) is 24.6. The number of carbonyl (C=O) groups excluding carboxylic acids is 1. The standard InChI is InChI=1S/C30H49NO6S/c1-5-6-7-8-9-10-11-12-13-14-15-16-17-18-19-20-30(33)36-28-22-21-26(27(32)24-31-25(2)3)23-29(28)37-38(4,34)35/h8-9,11-12,21-23,25,27,31-32H,5-7,10,13-20,24H2,1-4H3. The third kappa shape index (κ3) is 17.4. The highest BCUT2D eigenvalue weighted by Gasteiger charge is 2.18. The van der Waals surface area contributed by atoms with Crippen LogP contribution in [0.15, 0.2) is 42.5 Å². The summed E-state index contributed by atoms with van der Waals surface area (Å²) in [7, 11) is -3.84. The van der Waals surface area contributed by atoms with Gasteiger partial charge in [0.1, 0.15) is 0 Å². The Balaban J connectivity index is 2.36. The summed E-state index contributed by atoms with van der Waals surface area (Å²) in [6.45, 7) is 6.42. The van der Waals surface area contributed by atoms with Crippen molar-refractivity contribution in [1.82, 2.24) is 5.32 Å². The van der Waals surface area contributed by atoms with Gasteiger partial charge in [0.2, 0.25) is 0 Å². The minimum absolute atomic E-state index is 0.0256. The predicted molar refractivity (Wildman–Crippen MR) is 155 cm³/mol. The van der Waals surface area contributed by atoms with Crippen molar-refractivity contribution in [2.75, 3.05) is 12.8 Å². The van der Waals surface area contributed by atoms with E-state index in [4.69, 9.17) is 8.92 Å². The van der Waals surface area contributed by atoms with Gasteiger partial charge in [0.25, 0.3) is 0 Å². The largest absolute Gasteiger partial charge is 0.422 e. The van der Waals surface area contributed by atoms with Crippen LogP contribution < -0.4 is 14.2 Å². The Morgan fingerprint density at radius 1 is 0.947 bits per heavy atom. The number of nitrogens with one attached hydrogen (secondary N) is 1. The first-order valence-electron chi connectivity index (χ1n) is 14.1. The SMILES string of the molecule is CCCCC=CCC=CCCCCCCCCC(=O)Oc1ccc(C(O)CNC(C)C)cc1OS(C)(=O)=O. The molecule has 8 heteroatoms. The molecule has 0 aromatic heterocycles. The Bertz CT molecular complexity index is 955. The monoisotopic (exact) mass is 551 g/mol. The van der Waals surface area contributed by atoms with E-state index in [2.05, 4.69) is 36.5 Å². The van der Waals surface area contributed by atoms with Crippen LogP contribution in [-0.2, 0) is 14.9 Å². The number of aliphatic hydroxyl groups is 1. The number of carbonyl (C=O) groups is 1. The average molecular weight is 552 g/mol. The van der Waals surface area contributed by atoms with Crippen LogP contribution >= 0.6 is 0 Å². The molecule has 0 heterocycles. The molecule has 0 bridgehead atoms. The number of hydrogen-bond donors (Lipinski definition) is 2. The number of unbranched alkanes of at least 4 members (excludes halogenated alkanes) is 8. The second-order valence-corrected chi connectivity index (χ2v) is 11.6. The fraction of sp³-hybridized carbons (Fsp3) is 0.633. The summed E-state index contributed by atoms with van der Waals surface area (Å²) in [5.41, 5.74) is 0.464. The molecule has 0 amide bonds. The number of rotatable bonds is 21. The maximum absolute atomic E-state index is 12.4. The second-order valence-electron chi connectivity index (χ2n) is 10.0. The van der Waals surface area contributed by atoms with Crippen molar-refractivity contribution in [3.05, 3.63) is 48.1 Å². The molecule has 1 rings (SSSR count). The number of ether oxygens (including phenoxy) is 1. The Kier molecular flexibility index (Phi) is 17.7. The first-order chi connectivity index (χ1) is 18.1. The third-order valence-electron chi connectivity index (χ3n) is 5.87. The predicted octanol–water partition coefficient (Wildman–Crippen LogP) is 6.78. The first-order valence-corrected chi connectivity index (χ1v) is 15.9. The van der Waals surface area contributed by atoms with Crippen LogP contribution in [0.3, 0.4) is 0 Å². The summed E-state index contributed by atoms with van der Waals surface area (Å²) in [4.78, 5) is 12.4. The first kappa shape index (κ1) is 33.9. The maximum Gasteiger partial charge on any atom is 0.311 e. The van der Waals surface area contributed by atoms with E-state index >= 15 is 0 Å². The van der Waals surface area contributed by atoms with E-state index in [0.29, 0.717) is 18.5 Å². The van der Waals surface area contributed by atoms with E-state index in [1.54, 1.807) is 6.07 Å². The van der Waals surface area contributed by atoms with Crippen molar-refractivity contribution in [2.45, 2.75) is 110 Å². The van der Waals surface area contributed by atoms with Crippen LogP contribution in [-0.4, -0.2) is 38.3 Å². The van der Waals surface area contributed by atoms with Crippen LogP contribution in [0.5, 0.6) is 11.5 Å². The fourth-order valence-electron chi connectivity index (χ4n) is 3.75. The minimum atomic E-state index is -3.84. The molecule has 1 unspecified atom stereocenters. The van der Waals surface area contributed by atoms with Crippen LogP contribution in [0.4, 0.5) is 0 Å². The van der Waals surface area contributed by atoms with E-state index in [1.807, 2.05) is 13.8 Å². The van der Waals surface area contributed by atoms with Gasteiger partial charge in [0.05, 0.1) is 12.4 Å². The van der Waals surface area contributed by atoms with Crippen LogP contribution in [0.1, 0.15) is 109 Å². The van der Waals surface area contributed by atoms with E-state index in [-0.39, 0.29) is 24.0 Å². The number of allylic oxidation sites excluding steroid dienone is 4. The Labute approximate surface area is 230 Å². The lowest BCUT2D eigenvalue weighted by atomic mass is 10.1. The van der Waals surface area contributed by atoms with Gasteiger partial charge < -0.3 is 19.3 Å². The van der Waals surface area contributed by atoms with Gasteiger partial charge >= 0.3 is 16.1 Å². The lowest BCUT2D eigenvalue weighted by Crippen LogP contribution is -2.27. The third-order valence-corrected chi connectivity index (χ3v) is 6.35. The Hall–Kier alpha value is -2.16. The molecule has 2 N–H and O–H groups in total. The molecule has 0 radical (unpaired) electrons. The van der Waals surface area contributed by atoms with Gasteiger partial charge in [-0.3, -0.25) is 4.79 Å². The molecular formula is C30H49NO6S. The molecule has 0 aliphatic rings. The second kappa shape index (κ2) is 19.8. The highest BCUT2D eigenvalue weighted by Crippen LogP contribution is 2.32. The molecule has 38 heavy (non-hydrogen) atoms. The molecule has 0 saturated heterocycles. The minimum Gasteiger partial charge on any atom is -0.422 e. The van der Waals surface area contributed by atoms with Crippen LogP contribution in [0, 0.1) is 0 Å². The average Bonchev–Trinajstić information content (AvgIpc) is 2.85. The summed E-state index contributed by atoms with van der Waals surface area (Å²) < 4.78 is 33.9. The van der Waals surface area contributed by atoms with Crippen LogP contribution in [0.2, 0.25) is 0 Å². The maximum atomic E-state index is 12.4. The molecule has 7 nitrogen and oxygen atoms in total. The van der Waals surface area contributed by atoms with Crippen molar-refractivity contribution < 1.29 is 27.2 Å². The van der Waals surface area contributed by atoms with E-state index in [0.717, 1.165) is 38.4 Å². The van der Waals surface area contributed by atoms with E-state index in [1.165, 1.54) is 44.2 Å². The van der Waals surface area contributed by atoms with Gasteiger partial charge in [-0.15, -0.1) is 0 Å². The van der Waals surface area contributed by atoms with E-state index < -0.39 is 22.2 Å². The van der Waals surface area contributed by atoms with Gasteiger partial charge in [-0.2, -0.15) is 8.42 Å². The lowest BCUT2D eigenvalue weighted by molar-refractivity contribution is -0.134. The number of hydrogen-bond acceptors (Lipinski definition) is 7. The summed E-state index contributed by atoms with van der Waals surface area (Å²) in [5, 5.41) is 13.5. The van der Waals surface area contributed by atoms with Crippen molar-refractivity contribution in [3.8, 4) is 11.5 Å². The molecule has 1 aromatic rings. The summed E-state index contributed by atoms with van der Waals surface area (Å²) in [6, 6.07) is 4.65. The van der Waals surface area contributed by atoms with Gasteiger partial charge in [-0.05, 0) is 49.8 Å². The van der Waals surface area contributed by atoms with Crippen LogP contribution in [0.25, 0.3) is 0 Å². The van der Waals surface area contributed by atoms with Gasteiger partial charge in [-0.25, -0.2) is 0 Å². The van der Waals surface area contributed by atoms with Crippen molar-refractivity contribution in [1.29, 1.82) is 0 Å². The molecular weight excluding hydrogens is 502 g/mol.